The maximum atomic E-state index is 13.5. The molecule has 1 heterocycles. The van der Waals surface area contributed by atoms with Gasteiger partial charge in [-0.2, -0.15) is 0 Å². The summed E-state index contributed by atoms with van der Waals surface area (Å²) in [5.41, 5.74) is 5.04. The molecule has 1 aromatic rings. The van der Waals surface area contributed by atoms with E-state index >= 15 is 0 Å². The van der Waals surface area contributed by atoms with Gasteiger partial charge in [0.15, 0.2) is 11.6 Å². The standard InChI is InChI=1S/C16H22FN3O3/c17-13-5-1-2-6-14(13)23-11-12-4-3-9-20(10-12)16(22)19-8-7-15(18)21/h1-2,5-6,12H,3-4,7-11H2,(H2,18,21)(H,19,22). The van der Waals surface area contributed by atoms with Gasteiger partial charge in [-0.3, -0.25) is 4.79 Å². The van der Waals surface area contributed by atoms with Crippen LogP contribution in [0.25, 0.3) is 0 Å². The topological polar surface area (TPSA) is 84.7 Å². The number of carbonyl (C=O) groups excluding carboxylic acids is 2. The van der Waals surface area contributed by atoms with Gasteiger partial charge in [0.1, 0.15) is 0 Å². The van der Waals surface area contributed by atoms with E-state index in [9.17, 15) is 14.0 Å². The predicted molar refractivity (Wildman–Crippen MR) is 83.4 cm³/mol. The number of carbonyl (C=O) groups is 2. The number of amides is 3. The van der Waals surface area contributed by atoms with E-state index in [0.29, 0.717) is 19.7 Å². The molecular weight excluding hydrogens is 301 g/mol. The second kappa shape index (κ2) is 8.36. The second-order valence-electron chi connectivity index (χ2n) is 5.64. The van der Waals surface area contributed by atoms with Crippen LogP contribution in [0.15, 0.2) is 24.3 Å². The highest BCUT2D eigenvalue weighted by Crippen LogP contribution is 2.20. The molecule has 2 rings (SSSR count). The van der Waals surface area contributed by atoms with Crippen LogP contribution in [0.5, 0.6) is 5.75 Å². The number of rotatable bonds is 6. The number of likely N-dealkylation sites (tertiary alicyclic amines) is 1. The molecule has 1 fully saturated rings. The molecule has 0 bridgehead atoms. The molecule has 1 unspecified atom stereocenters. The third-order valence-electron chi connectivity index (χ3n) is 3.77. The van der Waals surface area contributed by atoms with Crippen molar-refractivity contribution in [3.63, 3.8) is 0 Å². The lowest BCUT2D eigenvalue weighted by molar-refractivity contribution is -0.117. The first-order valence-electron chi connectivity index (χ1n) is 7.74. The Morgan fingerprint density at radius 1 is 1.39 bits per heavy atom. The average Bonchev–Trinajstić information content (AvgIpc) is 2.54. The first-order chi connectivity index (χ1) is 11.1. The van der Waals surface area contributed by atoms with Crippen molar-refractivity contribution in [3.05, 3.63) is 30.1 Å². The SMILES string of the molecule is NC(=O)CCNC(=O)N1CCCC(COc2ccccc2F)C1. The van der Waals surface area contributed by atoms with Gasteiger partial charge in [-0.1, -0.05) is 12.1 Å². The lowest BCUT2D eigenvalue weighted by atomic mass is 9.99. The van der Waals surface area contributed by atoms with E-state index in [0.717, 1.165) is 12.8 Å². The number of benzene rings is 1. The Bertz CT molecular complexity index is 553. The fourth-order valence-electron chi connectivity index (χ4n) is 2.56. The second-order valence-corrected chi connectivity index (χ2v) is 5.64. The summed E-state index contributed by atoms with van der Waals surface area (Å²) >= 11 is 0. The van der Waals surface area contributed by atoms with Crippen LogP contribution in [0.4, 0.5) is 9.18 Å². The molecule has 3 amide bonds. The summed E-state index contributed by atoms with van der Waals surface area (Å²) in [5.74, 6) is -0.440. The molecule has 0 aromatic heterocycles. The summed E-state index contributed by atoms with van der Waals surface area (Å²) in [6.07, 6.45) is 1.92. The lowest BCUT2D eigenvalue weighted by Gasteiger charge is -2.32. The zero-order valence-electron chi connectivity index (χ0n) is 13.0. The van der Waals surface area contributed by atoms with Gasteiger partial charge in [-0.25, -0.2) is 9.18 Å². The van der Waals surface area contributed by atoms with Gasteiger partial charge in [0.25, 0.3) is 0 Å². The van der Waals surface area contributed by atoms with Crippen molar-refractivity contribution in [2.24, 2.45) is 11.7 Å². The van der Waals surface area contributed by atoms with Gasteiger partial charge in [0.2, 0.25) is 5.91 Å². The van der Waals surface area contributed by atoms with E-state index in [1.165, 1.54) is 6.07 Å². The monoisotopic (exact) mass is 323 g/mol. The highest BCUT2D eigenvalue weighted by molar-refractivity contribution is 5.77. The highest BCUT2D eigenvalue weighted by atomic mass is 19.1. The number of piperidine rings is 1. The normalized spacial score (nSPS) is 17.6. The third kappa shape index (κ3) is 5.43. The number of hydrogen-bond acceptors (Lipinski definition) is 3. The number of ether oxygens (including phenoxy) is 1. The number of nitrogens with one attached hydrogen (secondary N) is 1. The largest absolute Gasteiger partial charge is 0.490 e. The number of nitrogens with zero attached hydrogens (tertiary/aromatic N) is 1. The Kier molecular flexibility index (Phi) is 6.19. The summed E-state index contributed by atoms with van der Waals surface area (Å²) < 4.78 is 19.0. The molecule has 1 aromatic carbocycles. The molecule has 0 spiro atoms. The third-order valence-corrected chi connectivity index (χ3v) is 3.77. The molecule has 1 aliphatic rings. The molecule has 1 atom stereocenters. The van der Waals surface area contributed by atoms with Crippen LogP contribution in [-0.4, -0.2) is 43.1 Å². The molecule has 7 heteroatoms. The Balaban J connectivity index is 1.77. The zero-order chi connectivity index (χ0) is 16.7. The molecule has 0 radical (unpaired) electrons. The van der Waals surface area contributed by atoms with Gasteiger partial charge in [0, 0.05) is 32.0 Å². The number of hydrogen-bond donors (Lipinski definition) is 2. The fourth-order valence-corrected chi connectivity index (χ4v) is 2.56. The van der Waals surface area contributed by atoms with Crippen molar-refractivity contribution in [2.45, 2.75) is 19.3 Å². The van der Waals surface area contributed by atoms with E-state index in [4.69, 9.17) is 10.5 Å². The van der Waals surface area contributed by atoms with Crippen molar-refractivity contribution in [3.8, 4) is 5.75 Å². The maximum Gasteiger partial charge on any atom is 0.317 e. The molecule has 1 aliphatic heterocycles. The van der Waals surface area contributed by atoms with Crippen LogP contribution in [0.3, 0.4) is 0 Å². The Morgan fingerprint density at radius 2 is 2.17 bits per heavy atom. The van der Waals surface area contributed by atoms with Crippen molar-refractivity contribution in [1.29, 1.82) is 0 Å². The van der Waals surface area contributed by atoms with Crippen molar-refractivity contribution < 1.29 is 18.7 Å². The summed E-state index contributed by atoms with van der Waals surface area (Å²) in [4.78, 5) is 24.4. The Labute approximate surface area is 134 Å². The van der Waals surface area contributed by atoms with E-state index in [-0.39, 0.29) is 36.5 Å². The van der Waals surface area contributed by atoms with E-state index < -0.39 is 5.91 Å². The van der Waals surface area contributed by atoms with Crippen molar-refractivity contribution in [2.75, 3.05) is 26.2 Å². The molecule has 0 aliphatic carbocycles. The fraction of sp³-hybridized carbons (Fsp3) is 0.500. The van der Waals surface area contributed by atoms with E-state index in [1.807, 2.05) is 0 Å². The number of halogens is 1. The smallest absolute Gasteiger partial charge is 0.317 e. The van der Waals surface area contributed by atoms with Gasteiger partial charge >= 0.3 is 6.03 Å². The minimum Gasteiger partial charge on any atom is -0.490 e. The molecule has 126 valence electrons. The van der Waals surface area contributed by atoms with Crippen LogP contribution in [-0.2, 0) is 4.79 Å². The quantitative estimate of drug-likeness (QED) is 0.832. The molecule has 23 heavy (non-hydrogen) atoms. The highest BCUT2D eigenvalue weighted by Gasteiger charge is 2.24. The van der Waals surface area contributed by atoms with Crippen molar-refractivity contribution in [1.82, 2.24) is 10.2 Å². The first kappa shape index (κ1) is 17.1. The van der Waals surface area contributed by atoms with Crippen LogP contribution in [0.2, 0.25) is 0 Å². The minimum absolute atomic E-state index is 0.124. The summed E-state index contributed by atoms with van der Waals surface area (Å²) in [6, 6.07) is 6.07. The first-order valence-corrected chi connectivity index (χ1v) is 7.74. The summed E-state index contributed by atoms with van der Waals surface area (Å²) in [5, 5.41) is 2.67. The lowest BCUT2D eigenvalue weighted by Crippen LogP contribution is -2.47. The number of para-hydroxylation sites is 1. The van der Waals surface area contributed by atoms with E-state index in [2.05, 4.69) is 5.32 Å². The zero-order valence-corrected chi connectivity index (χ0v) is 13.0. The predicted octanol–water partition coefficient (Wildman–Crippen LogP) is 1.50. The minimum atomic E-state index is -0.444. The van der Waals surface area contributed by atoms with Gasteiger partial charge in [-0.05, 0) is 25.0 Å². The van der Waals surface area contributed by atoms with Gasteiger partial charge < -0.3 is 20.7 Å². The number of urea groups is 1. The van der Waals surface area contributed by atoms with Crippen LogP contribution in [0.1, 0.15) is 19.3 Å². The number of nitrogens with two attached hydrogens (primary N) is 1. The van der Waals surface area contributed by atoms with Gasteiger partial charge in [0.05, 0.1) is 6.61 Å². The van der Waals surface area contributed by atoms with E-state index in [1.54, 1.807) is 23.1 Å². The molecule has 6 nitrogen and oxygen atoms in total. The molecule has 3 N–H and O–H groups in total. The molecule has 0 saturated carbocycles. The number of primary amides is 1. The van der Waals surface area contributed by atoms with Gasteiger partial charge in [-0.15, -0.1) is 0 Å². The van der Waals surface area contributed by atoms with Crippen molar-refractivity contribution >= 4 is 11.9 Å². The summed E-state index contributed by atoms with van der Waals surface area (Å²) in [7, 11) is 0. The molecule has 1 saturated heterocycles. The Hall–Kier alpha value is -2.31. The van der Waals surface area contributed by atoms with Crippen LogP contribution < -0.4 is 15.8 Å². The average molecular weight is 323 g/mol. The van der Waals surface area contributed by atoms with Crippen LogP contribution >= 0.6 is 0 Å². The summed E-state index contributed by atoms with van der Waals surface area (Å²) in [6.45, 7) is 1.82. The molecular formula is C16H22FN3O3. The Morgan fingerprint density at radius 3 is 2.91 bits per heavy atom. The van der Waals surface area contributed by atoms with Crippen LogP contribution in [0, 0.1) is 11.7 Å². The maximum absolute atomic E-state index is 13.5.